The minimum Gasteiger partial charge on any atom is -0.303 e. The van der Waals surface area contributed by atoms with Gasteiger partial charge in [-0.15, -0.1) is 0 Å². The van der Waals surface area contributed by atoms with Gasteiger partial charge in [-0.1, -0.05) is 0 Å². The largest absolute Gasteiger partial charge is 0.378 e. The standard InChI is InChI=1S/C4H7NO4S/c6-4-2-1-3-5-10(7,8)9/h3-4H,1-2H2,(H,7,8,9)/b5-3+. The molecule has 0 aromatic heterocycles. The molecule has 0 unspecified atom stereocenters. The van der Waals surface area contributed by atoms with E-state index >= 15 is 0 Å². The van der Waals surface area contributed by atoms with Crippen molar-refractivity contribution in [1.29, 1.82) is 0 Å². The molecule has 0 aliphatic heterocycles. The van der Waals surface area contributed by atoms with E-state index in [0.717, 1.165) is 6.21 Å². The summed E-state index contributed by atoms with van der Waals surface area (Å²) in [6.45, 7) is 0. The van der Waals surface area contributed by atoms with Crippen LogP contribution in [0.5, 0.6) is 0 Å². The Hall–Kier alpha value is -0.750. The number of hydrogen-bond donors (Lipinski definition) is 1. The third-order valence-corrected chi connectivity index (χ3v) is 1.04. The second kappa shape index (κ2) is 4.13. The molecule has 0 saturated carbocycles. The van der Waals surface area contributed by atoms with Crippen LogP contribution in [0.25, 0.3) is 0 Å². The summed E-state index contributed by atoms with van der Waals surface area (Å²) >= 11 is 0. The Morgan fingerprint density at radius 2 is 2.00 bits per heavy atom. The molecule has 1 N–H and O–H groups in total. The third-order valence-electron chi connectivity index (χ3n) is 0.621. The van der Waals surface area contributed by atoms with Gasteiger partial charge in [0.15, 0.2) is 0 Å². The van der Waals surface area contributed by atoms with Gasteiger partial charge in [0.25, 0.3) is 0 Å². The lowest BCUT2D eigenvalue weighted by Gasteiger charge is -1.82. The number of carbonyl (C=O) groups is 1. The van der Waals surface area contributed by atoms with Crippen molar-refractivity contribution in [3.05, 3.63) is 0 Å². The van der Waals surface area contributed by atoms with Gasteiger partial charge in [-0.05, 0) is 6.42 Å². The lowest BCUT2D eigenvalue weighted by Crippen LogP contribution is -1.91. The van der Waals surface area contributed by atoms with Gasteiger partial charge in [-0.25, -0.2) is 0 Å². The van der Waals surface area contributed by atoms with Crippen molar-refractivity contribution in [2.75, 3.05) is 0 Å². The Bertz CT molecular complexity index is 217. The molecule has 0 fully saturated rings. The highest BCUT2D eigenvalue weighted by Crippen LogP contribution is 1.84. The molecule has 58 valence electrons. The SMILES string of the molecule is O=CCC/C=N/S(=O)(=O)O. The first-order valence-corrected chi connectivity index (χ1v) is 3.91. The molecule has 0 amide bonds. The fourth-order valence-corrected chi connectivity index (χ4v) is 0.583. The van der Waals surface area contributed by atoms with Crippen LogP contribution in [-0.4, -0.2) is 25.5 Å². The molecule has 0 aromatic rings. The van der Waals surface area contributed by atoms with Crippen molar-refractivity contribution in [3.63, 3.8) is 0 Å². The summed E-state index contributed by atoms with van der Waals surface area (Å²) in [7, 11) is -4.25. The first-order chi connectivity index (χ1) is 4.56. The van der Waals surface area contributed by atoms with Crippen LogP contribution in [-0.2, 0) is 15.1 Å². The molecule has 0 spiro atoms. The molecule has 0 atom stereocenters. The first kappa shape index (κ1) is 9.25. The molecule has 0 aliphatic carbocycles. The van der Waals surface area contributed by atoms with E-state index in [-0.39, 0.29) is 12.8 Å². The Morgan fingerprint density at radius 1 is 1.40 bits per heavy atom. The number of hydrogen-bond acceptors (Lipinski definition) is 3. The van der Waals surface area contributed by atoms with E-state index in [4.69, 9.17) is 4.55 Å². The lowest BCUT2D eigenvalue weighted by atomic mass is 10.4. The average molecular weight is 165 g/mol. The molecule has 0 rings (SSSR count). The van der Waals surface area contributed by atoms with Gasteiger partial charge < -0.3 is 4.79 Å². The van der Waals surface area contributed by atoms with Gasteiger partial charge in [-0.3, -0.25) is 4.55 Å². The summed E-state index contributed by atoms with van der Waals surface area (Å²) < 4.78 is 30.5. The van der Waals surface area contributed by atoms with E-state index in [2.05, 4.69) is 4.40 Å². The van der Waals surface area contributed by atoms with Crippen LogP contribution in [0.15, 0.2) is 4.40 Å². The van der Waals surface area contributed by atoms with Crippen LogP contribution < -0.4 is 0 Å². The summed E-state index contributed by atoms with van der Waals surface area (Å²) in [6.07, 6.45) is 2.04. The maximum absolute atomic E-state index is 9.86. The summed E-state index contributed by atoms with van der Waals surface area (Å²) in [6, 6.07) is 0. The Morgan fingerprint density at radius 3 is 2.40 bits per heavy atom. The lowest BCUT2D eigenvalue weighted by molar-refractivity contribution is -0.107. The number of rotatable bonds is 4. The van der Waals surface area contributed by atoms with Gasteiger partial charge >= 0.3 is 10.3 Å². The minimum absolute atomic E-state index is 0.207. The molecule has 0 heterocycles. The highest BCUT2D eigenvalue weighted by atomic mass is 32.2. The summed E-state index contributed by atoms with van der Waals surface area (Å²) in [5, 5.41) is 0. The highest BCUT2D eigenvalue weighted by molar-refractivity contribution is 7.84. The van der Waals surface area contributed by atoms with Crippen LogP contribution in [0.3, 0.4) is 0 Å². The van der Waals surface area contributed by atoms with Crippen molar-refractivity contribution in [2.24, 2.45) is 4.40 Å². The van der Waals surface area contributed by atoms with E-state index in [1.54, 1.807) is 0 Å². The number of aldehydes is 1. The normalized spacial score (nSPS) is 12.1. The first-order valence-electron chi connectivity index (χ1n) is 2.51. The van der Waals surface area contributed by atoms with Gasteiger partial charge in [0.1, 0.15) is 6.29 Å². The Labute approximate surface area is 58.7 Å². The fourth-order valence-electron chi connectivity index (χ4n) is 0.289. The molecular weight excluding hydrogens is 158 g/mol. The predicted octanol–water partition coefficient (Wildman–Crippen LogP) is -0.161. The smallest absolute Gasteiger partial charge is 0.303 e. The molecule has 10 heavy (non-hydrogen) atoms. The van der Waals surface area contributed by atoms with Crippen molar-refractivity contribution < 1.29 is 17.8 Å². The summed E-state index contributed by atoms with van der Waals surface area (Å²) in [5.74, 6) is 0. The third kappa shape index (κ3) is 7.25. The van der Waals surface area contributed by atoms with Crippen LogP contribution >= 0.6 is 0 Å². The van der Waals surface area contributed by atoms with E-state index in [1.807, 2.05) is 0 Å². The molecular formula is C4H7NO4S. The number of nitrogens with zero attached hydrogens (tertiary/aromatic N) is 1. The number of carbonyl (C=O) groups excluding carboxylic acids is 1. The zero-order valence-electron chi connectivity index (χ0n) is 5.10. The van der Waals surface area contributed by atoms with E-state index in [0.29, 0.717) is 6.29 Å². The van der Waals surface area contributed by atoms with Crippen molar-refractivity contribution in [1.82, 2.24) is 0 Å². The van der Waals surface area contributed by atoms with E-state index in [1.165, 1.54) is 0 Å². The van der Waals surface area contributed by atoms with Crippen LogP contribution in [0.4, 0.5) is 0 Å². The Kier molecular flexibility index (Phi) is 3.82. The molecule has 0 saturated heterocycles. The quantitative estimate of drug-likeness (QED) is 0.271. The van der Waals surface area contributed by atoms with Gasteiger partial charge in [-0.2, -0.15) is 12.8 Å². The Balaban J connectivity index is 3.68. The molecule has 6 heteroatoms. The van der Waals surface area contributed by atoms with E-state index in [9.17, 15) is 13.2 Å². The van der Waals surface area contributed by atoms with Crippen molar-refractivity contribution in [2.45, 2.75) is 12.8 Å². The molecule has 0 aliphatic rings. The molecule has 0 bridgehead atoms. The monoisotopic (exact) mass is 165 g/mol. The average Bonchev–Trinajstić information content (AvgIpc) is 1.78. The zero-order valence-corrected chi connectivity index (χ0v) is 5.91. The van der Waals surface area contributed by atoms with Crippen LogP contribution in [0.2, 0.25) is 0 Å². The van der Waals surface area contributed by atoms with Gasteiger partial charge in [0, 0.05) is 12.6 Å². The maximum Gasteiger partial charge on any atom is 0.378 e. The van der Waals surface area contributed by atoms with Crippen molar-refractivity contribution >= 4 is 22.8 Å². The zero-order chi connectivity index (χ0) is 8.04. The minimum atomic E-state index is -4.25. The van der Waals surface area contributed by atoms with Crippen LogP contribution in [0.1, 0.15) is 12.8 Å². The predicted molar refractivity (Wildman–Crippen MR) is 35.3 cm³/mol. The second-order valence-electron chi connectivity index (χ2n) is 1.48. The van der Waals surface area contributed by atoms with Crippen LogP contribution in [0, 0.1) is 0 Å². The summed E-state index contributed by atoms with van der Waals surface area (Å²) in [5.41, 5.74) is 0. The fraction of sp³-hybridized carbons (Fsp3) is 0.500. The van der Waals surface area contributed by atoms with Gasteiger partial charge in [0.2, 0.25) is 0 Å². The topological polar surface area (TPSA) is 83.8 Å². The van der Waals surface area contributed by atoms with Crippen molar-refractivity contribution in [3.8, 4) is 0 Å². The maximum atomic E-state index is 9.86. The van der Waals surface area contributed by atoms with E-state index < -0.39 is 10.3 Å². The number of unbranched alkanes of at least 4 members (excludes halogenated alkanes) is 1. The molecule has 0 aromatic carbocycles. The molecule has 0 radical (unpaired) electrons. The second-order valence-corrected chi connectivity index (χ2v) is 2.59. The molecule has 5 nitrogen and oxygen atoms in total. The van der Waals surface area contributed by atoms with Gasteiger partial charge in [0.05, 0.1) is 0 Å². The highest BCUT2D eigenvalue weighted by Gasteiger charge is 1.93. The summed E-state index contributed by atoms with van der Waals surface area (Å²) in [4.78, 5) is 9.66.